The van der Waals surface area contributed by atoms with Gasteiger partial charge in [-0.1, -0.05) is 30.3 Å². The van der Waals surface area contributed by atoms with E-state index in [0.29, 0.717) is 12.1 Å². The van der Waals surface area contributed by atoms with E-state index >= 15 is 0 Å². The molecular formula is C21H18F3N3O2. The Labute approximate surface area is 165 Å². The van der Waals surface area contributed by atoms with Gasteiger partial charge in [-0.15, -0.1) is 0 Å². The van der Waals surface area contributed by atoms with Crippen LogP contribution in [-0.2, 0) is 17.5 Å². The number of nitrogens with zero attached hydrogens (tertiary/aromatic N) is 3. The van der Waals surface area contributed by atoms with Crippen molar-refractivity contribution in [2.75, 3.05) is 11.4 Å². The average Bonchev–Trinajstić information content (AvgIpc) is 2.70. The maximum absolute atomic E-state index is 12.7. The van der Waals surface area contributed by atoms with Crippen LogP contribution in [0, 0.1) is 0 Å². The summed E-state index contributed by atoms with van der Waals surface area (Å²) < 4.78 is 39.2. The fraction of sp³-hybridized carbons (Fsp3) is 0.190. The first-order chi connectivity index (χ1) is 13.8. The lowest BCUT2D eigenvalue weighted by molar-refractivity contribution is -0.137. The number of hydrogen-bond donors (Lipinski definition) is 0. The molecule has 2 aromatic carbocycles. The molecule has 0 unspecified atom stereocenters. The van der Waals surface area contributed by atoms with Gasteiger partial charge in [-0.25, -0.2) is 4.98 Å². The van der Waals surface area contributed by atoms with Crippen LogP contribution in [0.1, 0.15) is 12.5 Å². The van der Waals surface area contributed by atoms with Gasteiger partial charge in [0.15, 0.2) is 0 Å². The minimum atomic E-state index is -4.43. The van der Waals surface area contributed by atoms with Crippen LogP contribution in [-0.4, -0.2) is 22.0 Å². The largest absolute Gasteiger partial charge is 0.416 e. The van der Waals surface area contributed by atoms with Gasteiger partial charge in [-0.3, -0.25) is 14.2 Å². The van der Waals surface area contributed by atoms with Gasteiger partial charge in [0.25, 0.3) is 5.56 Å². The number of alkyl halides is 3. The lowest BCUT2D eigenvalue weighted by Crippen LogP contribution is -2.36. The van der Waals surface area contributed by atoms with Crippen LogP contribution in [0.2, 0.25) is 0 Å². The fourth-order valence-corrected chi connectivity index (χ4v) is 2.87. The Morgan fingerprint density at radius 1 is 1.07 bits per heavy atom. The molecule has 29 heavy (non-hydrogen) atoms. The molecule has 0 fully saturated rings. The lowest BCUT2D eigenvalue weighted by Gasteiger charge is -2.21. The number of halogens is 3. The van der Waals surface area contributed by atoms with Crippen molar-refractivity contribution in [3.63, 3.8) is 0 Å². The highest BCUT2D eigenvalue weighted by Crippen LogP contribution is 2.30. The van der Waals surface area contributed by atoms with E-state index in [0.717, 1.165) is 17.8 Å². The highest BCUT2D eigenvalue weighted by molar-refractivity contribution is 5.93. The minimum absolute atomic E-state index is 0.193. The summed E-state index contributed by atoms with van der Waals surface area (Å²) in [5, 5.41) is 0. The number of para-hydroxylation sites is 1. The predicted molar refractivity (Wildman–Crippen MR) is 103 cm³/mol. The van der Waals surface area contributed by atoms with Crippen molar-refractivity contribution in [2.24, 2.45) is 0 Å². The zero-order chi connectivity index (χ0) is 21.0. The highest BCUT2D eigenvalue weighted by atomic mass is 19.4. The Balaban J connectivity index is 1.79. The average molecular weight is 401 g/mol. The third-order valence-electron chi connectivity index (χ3n) is 4.38. The van der Waals surface area contributed by atoms with E-state index in [-0.39, 0.29) is 18.1 Å². The number of aromatic nitrogens is 2. The van der Waals surface area contributed by atoms with Crippen LogP contribution in [0.15, 0.2) is 71.8 Å². The zero-order valence-electron chi connectivity index (χ0n) is 15.6. The van der Waals surface area contributed by atoms with Crippen molar-refractivity contribution in [3.05, 3.63) is 82.9 Å². The fourth-order valence-electron chi connectivity index (χ4n) is 2.87. The molecule has 0 aliphatic carbocycles. The van der Waals surface area contributed by atoms with Crippen molar-refractivity contribution in [3.8, 4) is 11.3 Å². The summed E-state index contributed by atoms with van der Waals surface area (Å²) in [5.41, 5.74) is 0.103. The standard InChI is InChI=1S/C21H18F3N3O2/c1-2-27(17-6-4-3-5-7-17)20(29)13-26-14-25-18(12-19(26)28)15-8-10-16(11-9-15)21(22,23)24/h3-12,14H,2,13H2,1H3. The number of carbonyl (C=O) groups is 1. The Bertz CT molecular complexity index is 1050. The van der Waals surface area contributed by atoms with Gasteiger partial charge in [0.2, 0.25) is 5.91 Å². The van der Waals surface area contributed by atoms with Crippen molar-refractivity contribution in [1.82, 2.24) is 9.55 Å². The number of anilines is 1. The molecule has 8 heteroatoms. The summed E-state index contributed by atoms with van der Waals surface area (Å²) in [6, 6.07) is 14.7. The quantitative estimate of drug-likeness (QED) is 0.650. The molecule has 3 aromatic rings. The summed E-state index contributed by atoms with van der Waals surface area (Å²) in [4.78, 5) is 30.7. The van der Waals surface area contributed by atoms with Crippen LogP contribution >= 0.6 is 0 Å². The second-order valence-corrected chi connectivity index (χ2v) is 6.29. The Hall–Kier alpha value is -3.42. The van der Waals surface area contributed by atoms with Gasteiger partial charge in [-0.2, -0.15) is 13.2 Å². The molecule has 1 amide bonds. The van der Waals surface area contributed by atoms with Crippen LogP contribution < -0.4 is 10.5 Å². The van der Waals surface area contributed by atoms with Gasteiger partial charge in [0.05, 0.1) is 17.6 Å². The van der Waals surface area contributed by atoms with Gasteiger partial charge in [-0.05, 0) is 31.2 Å². The molecule has 0 aliphatic rings. The second kappa shape index (κ2) is 8.30. The topological polar surface area (TPSA) is 55.2 Å². The maximum Gasteiger partial charge on any atom is 0.416 e. The normalized spacial score (nSPS) is 11.3. The third kappa shape index (κ3) is 4.71. The Kier molecular flexibility index (Phi) is 5.81. The summed E-state index contributed by atoms with van der Waals surface area (Å²) in [7, 11) is 0. The maximum atomic E-state index is 12.7. The molecule has 0 bridgehead atoms. The molecular weight excluding hydrogens is 383 g/mol. The summed E-state index contributed by atoms with van der Waals surface area (Å²) in [6.07, 6.45) is -3.20. The molecule has 5 nitrogen and oxygen atoms in total. The van der Waals surface area contributed by atoms with Crippen molar-refractivity contribution in [2.45, 2.75) is 19.6 Å². The van der Waals surface area contributed by atoms with E-state index in [4.69, 9.17) is 0 Å². The molecule has 150 valence electrons. The van der Waals surface area contributed by atoms with Gasteiger partial charge >= 0.3 is 6.18 Å². The third-order valence-corrected chi connectivity index (χ3v) is 4.38. The first-order valence-corrected chi connectivity index (χ1v) is 8.89. The predicted octanol–water partition coefficient (Wildman–Crippen LogP) is 3.98. The van der Waals surface area contributed by atoms with E-state index in [2.05, 4.69) is 4.98 Å². The van der Waals surface area contributed by atoms with E-state index in [1.54, 1.807) is 17.0 Å². The summed E-state index contributed by atoms with van der Waals surface area (Å²) in [5.74, 6) is -0.273. The molecule has 0 radical (unpaired) electrons. The zero-order valence-corrected chi connectivity index (χ0v) is 15.6. The number of amides is 1. The molecule has 3 rings (SSSR count). The monoisotopic (exact) mass is 401 g/mol. The van der Waals surface area contributed by atoms with Crippen molar-refractivity contribution in [1.29, 1.82) is 0 Å². The van der Waals surface area contributed by atoms with Crippen molar-refractivity contribution < 1.29 is 18.0 Å². The van der Waals surface area contributed by atoms with Crippen LogP contribution in [0.25, 0.3) is 11.3 Å². The highest BCUT2D eigenvalue weighted by Gasteiger charge is 2.30. The van der Waals surface area contributed by atoms with Crippen LogP contribution in [0.5, 0.6) is 0 Å². The molecule has 1 aromatic heterocycles. The number of hydrogen-bond acceptors (Lipinski definition) is 3. The molecule has 0 saturated heterocycles. The SMILES string of the molecule is CCN(C(=O)Cn1cnc(-c2ccc(C(F)(F)F)cc2)cc1=O)c1ccccc1. The minimum Gasteiger partial charge on any atom is -0.311 e. The number of rotatable bonds is 5. The molecule has 0 spiro atoms. The first-order valence-electron chi connectivity index (χ1n) is 8.89. The molecule has 0 atom stereocenters. The van der Waals surface area contributed by atoms with Crippen LogP contribution in [0.4, 0.5) is 18.9 Å². The van der Waals surface area contributed by atoms with E-state index in [1.807, 2.05) is 25.1 Å². The molecule has 0 saturated carbocycles. The van der Waals surface area contributed by atoms with Gasteiger partial charge in [0.1, 0.15) is 6.54 Å². The van der Waals surface area contributed by atoms with E-state index < -0.39 is 17.3 Å². The Morgan fingerprint density at radius 3 is 2.28 bits per heavy atom. The second-order valence-electron chi connectivity index (χ2n) is 6.29. The van der Waals surface area contributed by atoms with Gasteiger partial charge < -0.3 is 4.90 Å². The first kappa shape index (κ1) is 20.3. The lowest BCUT2D eigenvalue weighted by atomic mass is 10.1. The number of benzene rings is 2. The van der Waals surface area contributed by atoms with E-state index in [9.17, 15) is 22.8 Å². The van der Waals surface area contributed by atoms with Crippen molar-refractivity contribution >= 4 is 11.6 Å². The number of likely N-dealkylation sites (N-methyl/N-ethyl adjacent to an activating group) is 1. The number of carbonyl (C=O) groups excluding carboxylic acids is 1. The van der Waals surface area contributed by atoms with Gasteiger partial charge in [0, 0.05) is 23.9 Å². The van der Waals surface area contributed by atoms with Crippen LogP contribution in [0.3, 0.4) is 0 Å². The Morgan fingerprint density at radius 2 is 1.72 bits per heavy atom. The summed E-state index contributed by atoms with van der Waals surface area (Å²) >= 11 is 0. The molecule has 1 heterocycles. The molecule has 0 N–H and O–H groups in total. The van der Waals surface area contributed by atoms with E-state index in [1.165, 1.54) is 29.1 Å². The summed E-state index contributed by atoms with van der Waals surface area (Å²) in [6.45, 7) is 2.08. The smallest absolute Gasteiger partial charge is 0.311 e. The molecule has 0 aliphatic heterocycles.